The van der Waals surface area contributed by atoms with E-state index in [0.29, 0.717) is 5.92 Å². The topological polar surface area (TPSA) is 0 Å². The molecule has 0 radical (unpaired) electrons. The first-order chi connectivity index (χ1) is 15.0. The zero-order chi connectivity index (χ0) is 21.2. The third kappa shape index (κ3) is 2.03. The molecule has 3 aromatic rings. The predicted octanol–water partition coefficient (Wildman–Crippen LogP) is 8.20. The lowest BCUT2D eigenvalue weighted by Gasteiger charge is -2.28. The molecule has 3 atom stereocenters. The third-order valence-corrected chi connectivity index (χ3v) is 9.79. The molecular formula is C31H32. The smallest absolute Gasteiger partial charge is 0.0370 e. The second-order valence-electron chi connectivity index (χ2n) is 10.9. The Balaban J connectivity index is 1.57. The fraction of sp³-hybridized carbons (Fsp3) is 0.419. The number of rotatable bonds is 0. The molecule has 0 N–H and O–H groups in total. The van der Waals surface area contributed by atoms with E-state index in [9.17, 15) is 0 Å². The SMILES string of the molecule is Cc1c(C)c(C)c2c(c1C)-c1cccc3c1C2c1c-3cc2c(c1C)C1CCCCC1C2. The van der Waals surface area contributed by atoms with Crippen LogP contribution in [-0.2, 0) is 6.42 Å². The number of benzene rings is 3. The maximum absolute atomic E-state index is 2.63. The Morgan fingerprint density at radius 3 is 2.23 bits per heavy atom. The Kier molecular flexibility index (Phi) is 3.48. The van der Waals surface area contributed by atoms with Crippen LogP contribution in [0.25, 0.3) is 22.3 Å². The Morgan fingerprint density at radius 1 is 0.645 bits per heavy atom. The molecule has 0 heteroatoms. The summed E-state index contributed by atoms with van der Waals surface area (Å²) in [6, 6.07) is 9.74. The number of hydrogen-bond donors (Lipinski definition) is 0. The van der Waals surface area contributed by atoms with Gasteiger partial charge in [0.15, 0.2) is 0 Å². The van der Waals surface area contributed by atoms with Crippen LogP contribution in [0, 0.1) is 40.5 Å². The largest absolute Gasteiger partial charge is 0.0610 e. The van der Waals surface area contributed by atoms with Gasteiger partial charge < -0.3 is 0 Å². The zero-order valence-electron chi connectivity index (χ0n) is 19.6. The molecule has 31 heavy (non-hydrogen) atoms. The minimum atomic E-state index is 0.446. The Labute approximate surface area is 186 Å². The molecule has 1 saturated carbocycles. The van der Waals surface area contributed by atoms with E-state index in [1.54, 1.807) is 44.5 Å². The van der Waals surface area contributed by atoms with Crippen molar-refractivity contribution in [3.05, 3.63) is 79.9 Å². The van der Waals surface area contributed by atoms with Crippen LogP contribution in [0.3, 0.4) is 0 Å². The molecule has 156 valence electrons. The second kappa shape index (κ2) is 5.91. The summed E-state index contributed by atoms with van der Waals surface area (Å²) in [7, 11) is 0. The van der Waals surface area contributed by atoms with Crippen LogP contribution in [0.5, 0.6) is 0 Å². The first-order valence-corrected chi connectivity index (χ1v) is 12.4. The molecule has 4 aliphatic rings. The molecule has 0 nitrogen and oxygen atoms in total. The molecule has 0 aliphatic heterocycles. The van der Waals surface area contributed by atoms with Crippen molar-refractivity contribution >= 4 is 0 Å². The molecule has 0 heterocycles. The summed E-state index contributed by atoms with van der Waals surface area (Å²) in [5, 5.41) is 0. The average molecular weight is 405 g/mol. The van der Waals surface area contributed by atoms with Gasteiger partial charge in [0.25, 0.3) is 0 Å². The molecule has 3 unspecified atom stereocenters. The van der Waals surface area contributed by atoms with Crippen LogP contribution in [0.2, 0.25) is 0 Å². The Bertz CT molecular complexity index is 1320. The molecule has 0 saturated heterocycles. The van der Waals surface area contributed by atoms with Crippen molar-refractivity contribution < 1.29 is 0 Å². The van der Waals surface area contributed by atoms with E-state index in [1.165, 1.54) is 65.5 Å². The average Bonchev–Trinajstić information content (AvgIpc) is 3.42. The van der Waals surface area contributed by atoms with Gasteiger partial charge in [-0.3, -0.25) is 0 Å². The third-order valence-electron chi connectivity index (χ3n) is 9.79. The lowest BCUT2D eigenvalue weighted by molar-refractivity contribution is 0.330. The van der Waals surface area contributed by atoms with Crippen molar-refractivity contribution in [1.29, 1.82) is 0 Å². The van der Waals surface area contributed by atoms with Gasteiger partial charge in [0.05, 0.1) is 0 Å². The van der Waals surface area contributed by atoms with Gasteiger partial charge >= 0.3 is 0 Å². The zero-order valence-corrected chi connectivity index (χ0v) is 19.6. The van der Waals surface area contributed by atoms with Gasteiger partial charge in [0.1, 0.15) is 0 Å². The standard InChI is InChI=1S/C31H32/c1-15-16(2)18(4)29-27(17(15)3)24-12-8-11-23-25-14-21-13-20-9-6-7-10-22(20)26(21)19(5)28(25)31(29)30(23)24/h8,11-12,14,20,22,31H,6-7,9-10,13H2,1-5H3. The van der Waals surface area contributed by atoms with E-state index in [4.69, 9.17) is 0 Å². The maximum atomic E-state index is 2.63. The van der Waals surface area contributed by atoms with Crippen LogP contribution in [-0.4, -0.2) is 0 Å². The quantitative estimate of drug-likeness (QED) is 0.244. The summed E-state index contributed by atoms with van der Waals surface area (Å²) >= 11 is 0. The molecule has 0 spiro atoms. The Morgan fingerprint density at radius 2 is 1.39 bits per heavy atom. The molecule has 1 fully saturated rings. The second-order valence-corrected chi connectivity index (χ2v) is 10.9. The summed E-state index contributed by atoms with van der Waals surface area (Å²) in [6.45, 7) is 11.9. The fourth-order valence-corrected chi connectivity index (χ4v) is 8.12. The molecular weight excluding hydrogens is 372 g/mol. The van der Waals surface area contributed by atoms with Gasteiger partial charge in [-0.2, -0.15) is 0 Å². The summed E-state index contributed by atoms with van der Waals surface area (Å²) in [6.07, 6.45) is 7.03. The number of fused-ring (bicyclic) bond motifs is 9. The summed E-state index contributed by atoms with van der Waals surface area (Å²) in [4.78, 5) is 0. The first kappa shape index (κ1) is 18.3. The van der Waals surface area contributed by atoms with Crippen LogP contribution in [0.15, 0.2) is 24.3 Å². The van der Waals surface area contributed by atoms with Gasteiger partial charge in [-0.05, 0) is 144 Å². The van der Waals surface area contributed by atoms with Gasteiger partial charge in [-0.15, -0.1) is 0 Å². The summed E-state index contributed by atoms with van der Waals surface area (Å²) in [5.41, 5.74) is 22.0. The summed E-state index contributed by atoms with van der Waals surface area (Å²) in [5.74, 6) is 2.17. The highest BCUT2D eigenvalue weighted by Gasteiger charge is 2.44. The lowest BCUT2D eigenvalue weighted by atomic mass is 9.77. The van der Waals surface area contributed by atoms with Gasteiger partial charge in [-0.1, -0.05) is 37.1 Å². The minimum Gasteiger partial charge on any atom is -0.0610 e. The fourth-order valence-electron chi connectivity index (χ4n) is 8.12. The van der Waals surface area contributed by atoms with Crippen molar-refractivity contribution in [2.24, 2.45) is 5.92 Å². The highest BCUT2D eigenvalue weighted by atomic mass is 14.5. The summed E-state index contributed by atoms with van der Waals surface area (Å²) < 4.78 is 0. The van der Waals surface area contributed by atoms with E-state index in [1.807, 2.05) is 0 Å². The Hall–Kier alpha value is -2.34. The number of hydrogen-bond acceptors (Lipinski definition) is 0. The van der Waals surface area contributed by atoms with Crippen LogP contribution in [0.4, 0.5) is 0 Å². The lowest BCUT2D eigenvalue weighted by Crippen LogP contribution is -2.14. The first-order valence-electron chi connectivity index (χ1n) is 12.4. The molecule has 7 rings (SSSR count). The molecule has 3 aromatic carbocycles. The van der Waals surface area contributed by atoms with E-state index in [0.717, 1.165) is 11.8 Å². The van der Waals surface area contributed by atoms with Crippen LogP contribution in [0.1, 0.15) is 93.2 Å². The highest BCUT2D eigenvalue weighted by Crippen LogP contribution is 2.62. The van der Waals surface area contributed by atoms with Crippen LogP contribution < -0.4 is 0 Å². The molecule has 4 aliphatic carbocycles. The minimum absolute atomic E-state index is 0.446. The normalized spacial score (nSPS) is 24.0. The van der Waals surface area contributed by atoms with Crippen molar-refractivity contribution in [2.75, 3.05) is 0 Å². The van der Waals surface area contributed by atoms with Gasteiger partial charge in [0, 0.05) is 5.92 Å². The van der Waals surface area contributed by atoms with Crippen molar-refractivity contribution in [2.45, 2.75) is 78.6 Å². The predicted molar refractivity (Wildman–Crippen MR) is 130 cm³/mol. The van der Waals surface area contributed by atoms with Crippen molar-refractivity contribution in [3.8, 4) is 22.3 Å². The highest BCUT2D eigenvalue weighted by molar-refractivity contribution is 5.97. The van der Waals surface area contributed by atoms with E-state index in [-0.39, 0.29) is 0 Å². The van der Waals surface area contributed by atoms with Crippen molar-refractivity contribution in [3.63, 3.8) is 0 Å². The maximum Gasteiger partial charge on any atom is 0.0370 e. The van der Waals surface area contributed by atoms with E-state index < -0.39 is 0 Å². The monoisotopic (exact) mass is 404 g/mol. The van der Waals surface area contributed by atoms with E-state index in [2.05, 4.69) is 58.9 Å². The molecule has 0 amide bonds. The van der Waals surface area contributed by atoms with E-state index >= 15 is 0 Å². The van der Waals surface area contributed by atoms with Crippen LogP contribution >= 0.6 is 0 Å². The van der Waals surface area contributed by atoms with Gasteiger partial charge in [-0.25, -0.2) is 0 Å². The van der Waals surface area contributed by atoms with Crippen molar-refractivity contribution in [1.82, 2.24) is 0 Å². The molecule has 0 bridgehead atoms. The van der Waals surface area contributed by atoms with Gasteiger partial charge in [0.2, 0.25) is 0 Å². The molecule has 0 aromatic heterocycles.